The van der Waals surface area contributed by atoms with E-state index in [1.165, 1.54) is 0 Å². The Hall–Kier alpha value is -0.190. The number of hydrogen-bond acceptors (Lipinski definition) is 3. The smallest absolute Gasteiger partial charge is 0.0753 e. The van der Waals surface area contributed by atoms with E-state index in [4.69, 9.17) is 22.7 Å². The lowest BCUT2D eigenvalue weighted by Crippen LogP contribution is -2.52. The number of morpholine rings is 1. The maximum Gasteiger partial charge on any atom is 0.0753 e. The fourth-order valence-corrected chi connectivity index (χ4v) is 2.09. The van der Waals surface area contributed by atoms with E-state index >= 15 is 0 Å². The molecule has 0 aromatic rings. The van der Waals surface area contributed by atoms with Gasteiger partial charge >= 0.3 is 0 Å². The maximum atomic E-state index is 5.64. The molecule has 1 heterocycles. The molecule has 1 fully saturated rings. The lowest BCUT2D eigenvalue weighted by Gasteiger charge is -2.41. The second-order valence-electron chi connectivity index (χ2n) is 4.60. The first-order valence-corrected chi connectivity index (χ1v) is 5.48. The molecule has 1 saturated heterocycles. The van der Waals surface area contributed by atoms with Gasteiger partial charge in [-0.15, -0.1) is 0 Å². The highest BCUT2D eigenvalue weighted by molar-refractivity contribution is 7.80. The fraction of sp³-hybridized carbons (Fsp3) is 0.900. The Balaban J connectivity index is 2.47. The third-order valence-corrected chi connectivity index (χ3v) is 2.74. The minimum absolute atomic E-state index is 0.0390. The van der Waals surface area contributed by atoms with Crippen LogP contribution in [0.5, 0.6) is 0 Å². The van der Waals surface area contributed by atoms with Crippen LogP contribution < -0.4 is 5.73 Å². The van der Waals surface area contributed by atoms with Crippen molar-refractivity contribution in [2.45, 2.75) is 38.8 Å². The standard InChI is InChI=1S/C10H20N2OS/c1-8(6-9(11)14)12-4-5-13-10(2,3)7-12/h8H,4-7H2,1-3H3,(H2,11,14). The van der Waals surface area contributed by atoms with Gasteiger partial charge in [-0.05, 0) is 20.8 Å². The Morgan fingerprint density at radius 1 is 1.64 bits per heavy atom. The first kappa shape index (κ1) is 11.9. The second-order valence-corrected chi connectivity index (χ2v) is 5.12. The van der Waals surface area contributed by atoms with Gasteiger partial charge in [-0.2, -0.15) is 0 Å². The summed E-state index contributed by atoms with van der Waals surface area (Å²) in [5, 5.41) is 0. The summed E-state index contributed by atoms with van der Waals surface area (Å²) in [5.74, 6) is 0. The quantitative estimate of drug-likeness (QED) is 0.719. The molecule has 0 spiro atoms. The molecule has 0 aromatic heterocycles. The van der Waals surface area contributed by atoms with Crippen LogP contribution in [-0.2, 0) is 4.74 Å². The van der Waals surface area contributed by atoms with Crippen LogP contribution in [0.3, 0.4) is 0 Å². The minimum Gasteiger partial charge on any atom is -0.393 e. The van der Waals surface area contributed by atoms with Gasteiger partial charge in [-0.3, -0.25) is 4.90 Å². The topological polar surface area (TPSA) is 38.5 Å². The molecule has 0 aromatic carbocycles. The molecule has 0 aliphatic carbocycles. The highest BCUT2D eigenvalue weighted by Gasteiger charge is 2.29. The molecular weight excluding hydrogens is 196 g/mol. The average molecular weight is 216 g/mol. The molecule has 0 bridgehead atoms. The summed E-state index contributed by atoms with van der Waals surface area (Å²) in [6.07, 6.45) is 0.797. The largest absolute Gasteiger partial charge is 0.393 e. The van der Waals surface area contributed by atoms with Crippen molar-refractivity contribution in [3.8, 4) is 0 Å². The summed E-state index contributed by atoms with van der Waals surface area (Å²) in [7, 11) is 0. The van der Waals surface area contributed by atoms with E-state index in [9.17, 15) is 0 Å². The van der Waals surface area contributed by atoms with E-state index in [1.54, 1.807) is 0 Å². The molecule has 1 rings (SSSR count). The van der Waals surface area contributed by atoms with Crippen LogP contribution in [0.15, 0.2) is 0 Å². The van der Waals surface area contributed by atoms with Gasteiger partial charge < -0.3 is 10.5 Å². The Morgan fingerprint density at radius 3 is 2.79 bits per heavy atom. The number of thiocarbonyl (C=S) groups is 1. The zero-order chi connectivity index (χ0) is 10.8. The lowest BCUT2D eigenvalue weighted by atomic mass is 10.0. The lowest BCUT2D eigenvalue weighted by molar-refractivity contribution is -0.0946. The fourth-order valence-electron chi connectivity index (χ4n) is 1.85. The molecule has 1 aliphatic heterocycles. The van der Waals surface area contributed by atoms with Gasteiger partial charge in [-0.25, -0.2) is 0 Å². The Kier molecular flexibility index (Phi) is 3.86. The number of nitrogens with two attached hydrogens (primary N) is 1. The summed E-state index contributed by atoms with van der Waals surface area (Å²) in [6.45, 7) is 9.14. The van der Waals surface area contributed by atoms with Crippen molar-refractivity contribution in [1.82, 2.24) is 4.90 Å². The molecule has 1 aliphatic rings. The zero-order valence-corrected chi connectivity index (χ0v) is 10.1. The zero-order valence-electron chi connectivity index (χ0n) is 9.25. The van der Waals surface area contributed by atoms with E-state index in [2.05, 4.69) is 25.7 Å². The predicted molar refractivity (Wildman–Crippen MR) is 62.5 cm³/mol. The van der Waals surface area contributed by atoms with Gasteiger partial charge in [0.2, 0.25) is 0 Å². The Labute approximate surface area is 91.6 Å². The minimum atomic E-state index is -0.0390. The molecular formula is C10H20N2OS. The van der Waals surface area contributed by atoms with Crippen LogP contribution in [0, 0.1) is 0 Å². The molecule has 0 radical (unpaired) electrons. The van der Waals surface area contributed by atoms with E-state index in [0.29, 0.717) is 11.0 Å². The molecule has 3 nitrogen and oxygen atoms in total. The molecule has 0 amide bonds. The number of nitrogens with zero attached hydrogens (tertiary/aromatic N) is 1. The van der Waals surface area contributed by atoms with Gasteiger partial charge in [-0.1, -0.05) is 12.2 Å². The predicted octanol–water partition coefficient (Wildman–Crippen LogP) is 1.16. The van der Waals surface area contributed by atoms with E-state index in [1.807, 2.05) is 0 Å². The summed E-state index contributed by atoms with van der Waals surface area (Å²) >= 11 is 4.92. The van der Waals surface area contributed by atoms with Gasteiger partial charge in [0.25, 0.3) is 0 Å². The van der Waals surface area contributed by atoms with Crippen molar-refractivity contribution in [2.75, 3.05) is 19.7 Å². The molecule has 0 saturated carbocycles. The van der Waals surface area contributed by atoms with Gasteiger partial charge in [0.1, 0.15) is 0 Å². The van der Waals surface area contributed by atoms with Crippen LogP contribution in [0.1, 0.15) is 27.2 Å². The highest BCUT2D eigenvalue weighted by atomic mass is 32.1. The molecule has 1 unspecified atom stereocenters. The van der Waals surface area contributed by atoms with Crippen LogP contribution in [0.25, 0.3) is 0 Å². The second kappa shape index (κ2) is 4.55. The summed E-state index contributed by atoms with van der Waals surface area (Å²) in [6, 6.07) is 0.427. The van der Waals surface area contributed by atoms with E-state index in [-0.39, 0.29) is 5.60 Å². The third kappa shape index (κ3) is 3.52. The molecule has 14 heavy (non-hydrogen) atoms. The van der Waals surface area contributed by atoms with Crippen molar-refractivity contribution in [1.29, 1.82) is 0 Å². The van der Waals surface area contributed by atoms with E-state index < -0.39 is 0 Å². The van der Waals surface area contributed by atoms with Gasteiger partial charge in [0.05, 0.1) is 17.2 Å². The summed E-state index contributed by atoms with van der Waals surface area (Å²) < 4.78 is 5.64. The van der Waals surface area contributed by atoms with Crippen molar-refractivity contribution >= 4 is 17.2 Å². The summed E-state index contributed by atoms with van der Waals surface area (Å²) in [5.41, 5.74) is 5.50. The number of hydrogen-bond donors (Lipinski definition) is 1. The first-order valence-electron chi connectivity index (χ1n) is 5.07. The summed E-state index contributed by atoms with van der Waals surface area (Å²) in [4.78, 5) is 2.99. The Bertz CT molecular complexity index is 218. The average Bonchev–Trinajstić information content (AvgIpc) is 2.01. The molecule has 2 N–H and O–H groups in total. The maximum absolute atomic E-state index is 5.64. The molecule has 1 atom stereocenters. The van der Waals surface area contributed by atoms with E-state index in [0.717, 1.165) is 26.1 Å². The normalized spacial score (nSPS) is 24.5. The molecule has 4 heteroatoms. The van der Waals surface area contributed by atoms with Crippen molar-refractivity contribution in [3.05, 3.63) is 0 Å². The third-order valence-electron chi connectivity index (χ3n) is 2.58. The van der Waals surface area contributed by atoms with Gasteiger partial charge in [0, 0.05) is 25.6 Å². The number of ether oxygens (including phenoxy) is 1. The SMILES string of the molecule is CC(CC(N)=S)N1CCOC(C)(C)C1. The number of rotatable bonds is 3. The van der Waals surface area contributed by atoms with Crippen LogP contribution in [0.4, 0.5) is 0 Å². The van der Waals surface area contributed by atoms with Crippen molar-refractivity contribution in [2.24, 2.45) is 5.73 Å². The Morgan fingerprint density at radius 2 is 2.29 bits per heavy atom. The first-order chi connectivity index (χ1) is 6.41. The highest BCUT2D eigenvalue weighted by Crippen LogP contribution is 2.19. The van der Waals surface area contributed by atoms with Crippen molar-refractivity contribution < 1.29 is 4.74 Å². The van der Waals surface area contributed by atoms with Gasteiger partial charge in [0.15, 0.2) is 0 Å². The van der Waals surface area contributed by atoms with Crippen molar-refractivity contribution in [3.63, 3.8) is 0 Å². The van der Waals surface area contributed by atoms with Crippen LogP contribution in [-0.4, -0.2) is 41.2 Å². The van der Waals surface area contributed by atoms with Crippen LogP contribution >= 0.6 is 12.2 Å². The molecule has 82 valence electrons. The van der Waals surface area contributed by atoms with Crippen LogP contribution in [0.2, 0.25) is 0 Å². The monoisotopic (exact) mass is 216 g/mol.